The van der Waals surface area contributed by atoms with E-state index in [0.717, 1.165) is 19.5 Å². The molecule has 14 heavy (non-hydrogen) atoms. The summed E-state index contributed by atoms with van der Waals surface area (Å²) in [7, 11) is 0. The highest BCUT2D eigenvalue weighted by molar-refractivity contribution is 5.70. The van der Waals surface area contributed by atoms with Crippen molar-refractivity contribution in [3.8, 4) is 0 Å². The number of carbonyl (C=O) groups excluding carboxylic acids is 1. The first-order valence-electron chi connectivity index (χ1n) is 5.06. The summed E-state index contributed by atoms with van der Waals surface area (Å²) in [6.45, 7) is 7.20. The molecule has 1 spiro atoms. The molecule has 0 aromatic rings. The van der Waals surface area contributed by atoms with Crippen molar-refractivity contribution in [2.45, 2.75) is 38.8 Å². The van der Waals surface area contributed by atoms with Crippen LogP contribution in [-0.4, -0.2) is 35.7 Å². The van der Waals surface area contributed by atoms with Crippen LogP contribution in [0.4, 0.5) is 4.79 Å². The van der Waals surface area contributed by atoms with Crippen LogP contribution in [0.5, 0.6) is 0 Å². The van der Waals surface area contributed by atoms with Gasteiger partial charge in [0.1, 0.15) is 5.60 Å². The standard InChI is InChI=1S/C10H18N2O2/c1-9(2,3)14-8(13)12-5-10(6-12)4-7(10)11/h7H,4-6,11H2,1-3H3/t7-/m1/s1. The van der Waals surface area contributed by atoms with Crippen LogP contribution in [-0.2, 0) is 4.74 Å². The molecular weight excluding hydrogens is 180 g/mol. The van der Waals surface area contributed by atoms with Gasteiger partial charge in [0.05, 0.1) is 0 Å². The first-order chi connectivity index (χ1) is 6.32. The summed E-state index contributed by atoms with van der Waals surface area (Å²) in [5.74, 6) is 0. The van der Waals surface area contributed by atoms with Crippen molar-refractivity contribution in [1.82, 2.24) is 4.90 Å². The molecule has 4 nitrogen and oxygen atoms in total. The molecule has 80 valence electrons. The lowest BCUT2D eigenvalue weighted by atomic mass is 9.96. The quantitative estimate of drug-likeness (QED) is 0.630. The summed E-state index contributed by atoms with van der Waals surface area (Å²) in [5.41, 5.74) is 5.64. The highest BCUT2D eigenvalue weighted by Crippen LogP contribution is 2.51. The molecule has 1 heterocycles. The second kappa shape index (κ2) is 2.63. The first kappa shape index (κ1) is 9.77. The molecule has 1 aliphatic carbocycles. The number of nitrogens with two attached hydrogens (primary N) is 1. The fourth-order valence-electron chi connectivity index (χ4n) is 1.91. The minimum atomic E-state index is -0.397. The smallest absolute Gasteiger partial charge is 0.410 e. The van der Waals surface area contributed by atoms with Crippen molar-refractivity contribution in [2.24, 2.45) is 11.1 Å². The molecule has 0 aromatic heterocycles. The van der Waals surface area contributed by atoms with Gasteiger partial charge in [0.25, 0.3) is 0 Å². The lowest BCUT2D eigenvalue weighted by molar-refractivity contribution is -0.00701. The first-order valence-corrected chi connectivity index (χ1v) is 5.06. The Morgan fingerprint density at radius 2 is 2.00 bits per heavy atom. The highest BCUT2D eigenvalue weighted by atomic mass is 16.6. The minimum Gasteiger partial charge on any atom is -0.444 e. The van der Waals surface area contributed by atoms with Gasteiger partial charge in [0, 0.05) is 24.5 Å². The van der Waals surface area contributed by atoms with Crippen LogP contribution in [0.25, 0.3) is 0 Å². The van der Waals surface area contributed by atoms with Gasteiger partial charge in [-0.3, -0.25) is 0 Å². The van der Waals surface area contributed by atoms with Crippen molar-refractivity contribution in [2.75, 3.05) is 13.1 Å². The van der Waals surface area contributed by atoms with Crippen LogP contribution in [0.1, 0.15) is 27.2 Å². The average molecular weight is 198 g/mol. The molecule has 0 bridgehead atoms. The summed E-state index contributed by atoms with van der Waals surface area (Å²) in [6, 6.07) is 0.307. The van der Waals surface area contributed by atoms with Crippen LogP contribution in [0.3, 0.4) is 0 Å². The minimum absolute atomic E-state index is 0.206. The SMILES string of the molecule is CC(C)(C)OC(=O)N1CC2(C[C@H]2N)C1. The van der Waals surface area contributed by atoms with Gasteiger partial charge >= 0.3 is 6.09 Å². The molecule has 2 fully saturated rings. The molecule has 1 aliphatic heterocycles. The monoisotopic (exact) mass is 198 g/mol. The average Bonchev–Trinajstić information content (AvgIpc) is 2.53. The summed E-state index contributed by atoms with van der Waals surface area (Å²) < 4.78 is 5.24. The van der Waals surface area contributed by atoms with E-state index in [1.165, 1.54) is 0 Å². The third kappa shape index (κ3) is 1.59. The van der Waals surface area contributed by atoms with E-state index in [0.29, 0.717) is 6.04 Å². The number of rotatable bonds is 0. The third-order valence-electron chi connectivity index (χ3n) is 2.92. The fraction of sp³-hybridized carbons (Fsp3) is 0.900. The summed E-state index contributed by atoms with van der Waals surface area (Å²) in [6.07, 6.45) is 0.856. The van der Waals surface area contributed by atoms with E-state index < -0.39 is 5.60 Å². The van der Waals surface area contributed by atoms with Gasteiger partial charge in [-0.05, 0) is 27.2 Å². The van der Waals surface area contributed by atoms with Crippen molar-refractivity contribution < 1.29 is 9.53 Å². The number of hydrogen-bond acceptors (Lipinski definition) is 3. The Kier molecular flexibility index (Phi) is 1.83. The molecule has 4 heteroatoms. The molecule has 2 N–H and O–H groups in total. The van der Waals surface area contributed by atoms with E-state index in [2.05, 4.69) is 0 Å². The molecule has 0 unspecified atom stereocenters. The van der Waals surface area contributed by atoms with Crippen LogP contribution in [0, 0.1) is 5.41 Å². The molecule has 0 aromatic carbocycles. The Labute approximate surface area is 84.4 Å². The molecule has 1 saturated carbocycles. The van der Waals surface area contributed by atoms with Gasteiger partial charge < -0.3 is 15.4 Å². The summed E-state index contributed by atoms with van der Waals surface area (Å²) in [5, 5.41) is 0. The second-order valence-corrected chi connectivity index (χ2v) is 5.51. The predicted octanol–water partition coefficient (Wildman–Crippen LogP) is 0.955. The third-order valence-corrected chi connectivity index (χ3v) is 2.92. The lowest BCUT2D eigenvalue weighted by Crippen LogP contribution is -2.55. The van der Waals surface area contributed by atoms with E-state index >= 15 is 0 Å². The Bertz CT molecular complexity index is 264. The zero-order valence-electron chi connectivity index (χ0n) is 9.04. The Hall–Kier alpha value is -0.770. The van der Waals surface area contributed by atoms with Gasteiger partial charge in [-0.1, -0.05) is 0 Å². The topological polar surface area (TPSA) is 55.6 Å². The molecule has 2 aliphatic rings. The van der Waals surface area contributed by atoms with Crippen molar-refractivity contribution >= 4 is 6.09 Å². The number of amides is 1. The maximum atomic E-state index is 11.5. The highest BCUT2D eigenvalue weighted by Gasteiger charge is 2.61. The Balaban J connectivity index is 1.80. The van der Waals surface area contributed by atoms with E-state index in [9.17, 15) is 4.79 Å². The van der Waals surface area contributed by atoms with Crippen molar-refractivity contribution in [1.29, 1.82) is 0 Å². The number of ether oxygens (including phenoxy) is 1. The zero-order valence-corrected chi connectivity index (χ0v) is 9.04. The second-order valence-electron chi connectivity index (χ2n) is 5.51. The normalized spacial score (nSPS) is 28.6. The lowest BCUT2D eigenvalue weighted by Gasteiger charge is -2.40. The van der Waals surface area contributed by atoms with Gasteiger partial charge in [-0.2, -0.15) is 0 Å². The van der Waals surface area contributed by atoms with E-state index in [1.54, 1.807) is 4.90 Å². The number of nitrogens with zero attached hydrogens (tertiary/aromatic N) is 1. The molecule has 0 radical (unpaired) electrons. The summed E-state index contributed by atoms with van der Waals surface area (Å²) >= 11 is 0. The molecule has 1 atom stereocenters. The van der Waals surface area contributed by atoms with Crippen LogP contribution in [0.2, 0.25) is 0 Å². The fourth-order valence-corrected chi connectivity index (χ4v) is 1.91. The van der Waals surface area contributed by atoms with Crippen molar-refractivity contribution in [3.05, 3.63) is 0 Å². The van der Waals surface area contributed by atoms with Crippen LogP contribution < -0.4 is 5.73 Å². The maximum Gasteiger partial charge on any atom is 0.410 e. The zero-order chi connectivity index (χ0) is 10.6. The number of likely N-dealkylation sites (tertiary alicyclic amines) is 1. The van der Waals surface area contributed by atoms with Crippen LogP contribution >= 0.6 is 0 Å². The van der Waals surface area contributed by atoms with Gasteiger partial charge in [-0.25, -0.2) is 4.79 Å². The molecule has 2 rings (SSSR count). The van der Waals surface area contributed by atoms with Crippen LogP contribution in [0.15, 0.2) is 0 Å². The molecule has 1 saturated heterocycles. The van der Waals surface area contributed by atoms with Gasteiger partial charge in [-0.15, -0.1) is 0 Å². The Morgan fingerprint density at radius 1 is 1.50 bits per heavy atom. The summed E-state index contributed by atoms with van der Waals surface area (Å²) in [4.78, 5) is 13.3. The maximum absolute atomic E-state index is 11.5. The van der Waals surface area contributed by atoms with Crippen molar-refractivity contribution in [3.63, 3.8) is 0 Å². The predicted molar refractivity (Wildman–Crippen MR) is 52.8 cm³/mol. The number of carbonyl (C=O) groups is 1. The van der Waals surface area contributed by atoms with E-state index in [1.807, 2.05) is 20.8 Å². The molecule has 1 amide bonds. The van der Waals surface area contributed by atoms with E-state index in [4.69, 9.17) is 10.5 Å². The van der Waals surface area contributed by atoms with Gasteiger partial charge in [0.15, 0.2) is 0 Å². The van der Waals surface area contributed by atoms with Gasteiger partial charge in [0.2, 0.25) is 0 Å². The Morgan fingerprint density at radius 3 is 2.36 bits per heavy atom. The number of hydrogen-bond donors (Lipinski definition) is 1. The largest absolute Gasteiger partial charge is 0.444 e. The molecular formula is C10H18N2O2. The van der Waals surface area contributed by atoms with E-state index in [-0.39, 0.29) is 11.5 Å².